The van der Waals surface area contributed by atoms with Gasteiger partial charge in [0.2, 0.25) is 5.91 Å². The quantitative estimate of drug-likeness (QED) is 0.902. The summed E-state index contributed by atoms with van der Waals surface area (Å²) >= 11 is 0. The van der Waals surface area contributed by atoms with E-state index in [9.17, 15) is 9.90 Å². The van der Waals surface area contributed by atoms with Crippen molar-refractivity contribution in [3.8, 4) is 5.75 Å². The first kappa shape index (κ1) is 17.3. The summed E-state index contributed by atoms with van der Waals surface area (Å²) in [7, 11) is 0. The molecule has 2 aliphatic rings. The number of phenols is 1. The minimum Gasteiger partial charge on any atom is -0.508 e. The number of rotatable bonds is 5. The molecule has 1 heterocycles. The van der Waals surface area contributed by atoms with Gasteiger partial charge in [-0.05, 0) is 36.8 Å². The SMILES string of the molecule is O=C(CCc1ccccc1O)N1CCN(CC2CCCCC2)CC1. The highest BCUT2D eigenvalue weighted by Crippen LogP contribution is 2.25. The summed E-state index contributed by atoms with van der Waals surface area (Å²) in [5, 5.41) is 9.79. The molecule has 0 unspecified atom stereocenters. The Hall–Kier alpha value is -1.55. The van der Waals surface area contributed by atoms with E-state index in [1.807, 2.05) is 23.1 Å². The maximum Gasteiger partial charge on any atom is 0.222 e. The third-order valence-corrected chi connectivity index (χ3v) is 5.57. The number of phenolic OH excluding ortho intramolecular Hbond substituents is 1. The number of piperazine rings is 1. The van der Waals surface area contributed by atoms with E-state index >= 15 is 0 Å². The van der Waals surface area contributed by atoms with Crippen LogP contribution in [-0.4, -0.2) is 53.5 Å². The van der Waals surface area contributed by atoms with E-state index in [4.69, 9.17) is 0 Å². The molecular weight excluding hydrogens is 300 g/mol. The molecule has 0 radical (unpaired) electrons. The average Bonchev–Trinajstić information content (AvgIpc) is 2.62. The first-order chi connectivity index (χ1) is 11.7. The smallest absolute Gasteiger partial charge is 0.222 e. The molecule has 0 bridgehead atoms. The van der Waals surface area contributed by atoms with Crippen LogP contribution in [0.25, 0.3) is 0 Å². The van der Waals surface area contributed by atoms with E-state index in [0.29, 0.717) is 18.6 Å². The van der Waals surface area contributed by atoms with Crippen molar-refractivity contribution in [2.45, 2.75) is 44.9 Å². The van der Waals surface area contributed by atoms with E-state index < -0.39 is 0 Å². The summed E-state index contributed by atoms with van der Waals surface area (Å²) in [5.74, 6) is 1.39. The van der Waals surface area contributed by atoms with Crippen LogP contribution >= 0.6 is 0 Å². The predicted molar refractivity (Wildman–Crippen MR) is 96.0 cm³/mol. The monoisotopic (exact) mass is 330 g/mol. The Morgan fingerprint density at radius 1 is 1.04 bits per heavy atom. The molecule has 1 N–H and O–H groups in total. The minimum atomic E-state index is 0.218. The number of aromatic hydroxyl groups is 1. The van der Waals surface area contributed by atoms with E-state index in [2.05, 4.69) is 4.90 Å². The van der Waals surface area contributed by atoms with E-state index in [1.54, 1.807) is 6.07 Å². The fourth-order valence-electron chi connectivity index (χ4n) is 4.04. The zero-order valence-corrected chi connectivity index (χ0v) is 14.6. The molecule has 4 nitrogen and oxygen atoms in total. The predicted octanol–water partition coefficient (Wildman–Crippen LogP) is 3.05. The van der Waals surface area contributed by atoms with Crippen molar-refractivity contribution < 1.29 is 9.90 Å². The van der Waals surface area contributed by atoms with Crippen LogP contribution in [0.5, 0.6) is 5.75 Å². The zero-order valence-electron chi connectivity index (χ0n) is 14.6. The zero-order chi connectivity index (χ0) is 16.8. The number of amides is 1. The molecule has 4 heteroatoms. The highest BCUT2D eigenvalue weighted by atomic mass is 16.3. The summed E-state index contributed by atoms with van der Waals surface area (Å²) < 4.78 is 0. The lowest BCUT2D eigenvalue weighted by molar-refractivity contribution is -0.133. The largest absolute Gasteiger partial charge is 0.508 e. The van der Waals surface area contributed by atoms with Gasteiger partial charge in [0.1, 0.15) is 5.75 Å². The Morgan fingerprint density at radius 3 is 2.46 bits per heavy atom. The number of carbonyl (C=O) groups is 1. The molecule has 0 atom stereocenters. The van der Waals surface area contributed by atoms with Crippen molar-refractivity contribution >= 4 is 5.91 Å². The highest BCUT2D eigenvalue weighted by molar-refractivity contribution is 5.76. The third-order valence-electron chi connectivity index (χ3n) is 5.57. The molecule has 1 saturated heterocycles. The summed E-state index contributed by atoms with van der Waals surface area (Å²) in [5.41, 5.74) is 0.863. The molecule has 1 aliphatic carbocycles. The van der Waals surface area contributed by atoms with Crippen LogP contribution in [0.1, 0.15) is 44.1 Å². The first-order valence-electron chi connectivity index (χ1n) is 9.49. The van der Waals surface area contributed by atoms with Gasteiger partial charge in [0.25, 0.3) is 0 Å². The maximum absolute atomic E-state index is 12.4. The summed E-state index contributed by atoms with van der Waals surface area (Å²) in [6.45, 7) is 4.95. The molecule has 0 spiro atoms. The van der Waals surface area contributed by atoms with Gasteiger partial charge >= 0.3 is 0 Å². The van der Waals surface area contributed by atoms with E-state index in [-0.39, 0.29) is 5.91 Å². The van der Waals surface area contributed by atoms with E-state index in [0.717, 1.165) is 37.7 Å². The molecule has 3 rings (SSSR count). The number of hydrogen-bond acceptors (Lipinski definition) is 3. The molecule has 0 aromatic heterocycles. The van der Waals surface area contributed by atoms with Crippen LogP contribution in [0.15, 0.2) is 24.3 Å². The molecule has 1 saturated carbocycles. The number of aryl methyl sites for hydroxylation is 1. The lowest BCUT2D eigenvalue weighted by Crippen LogP contribution is -2.49. The van der Waals surface area contributed by atoms with Crippen LogP contribution in [0, 0.1) is 5.92 Å². The van der Waals surface area contributed by atoms with Crippen molar-refractivity contribution in [2.24, 2.45) is 5.92 Å². The van der Waals surface area contributed by atoms with Gasteiger partial charge in [-0.2, -0.15) is 0 Å². The van der Waals surface area contributed by atoms with Crippen LogP contribution in [0.3, 0.4) is 0 Å². The van der Waals surface area contributed by atoms with Crippen molar-refractivity contribution in [2.75, 3.05) is 32.7 Å². The Balaban J connectivity index is 1.39. The molecule has 1 aromatic rings. The molecule has 1 amide bonds. The van der Waals surface area contributed by atoms with Crippen LogP contribution in [0.2, 0.25) is 0 Å². The molecular formula is C20H30N2O2. The normalized spacial score (nSPS) is 20.2. The molecule has 1 aliphatic heterocycles. The molecule has 1 aromatic carbocycles. The van der Waals surface area contributed by atoms with Crippen LogP contribution in [0.4, 0.5) is 0 Å². The van der Waals surface area contributed by atoms with Gasteiger partial charge in [-0.15, -0.1) is 0 Å². The third kappa shape index (κ3) is 4.73. The fourth-order valence-corrected chi connectivity index (χ4v) is 4.04. The maximum atomic E-state index is 12.4. The summed E-state index contributed by atoms with van der Waals surface area (Å²) in [6, 6.07) is 7.30. The van der Waals surface area contributed by atoms with Gasteiger partial charge in [-0.1, -0.05) is 37.5 Å². The summed E-state index contributed by atoms with van der Waals surface area (Å²) in [6.07, 6.45) is 8.09. The van der Waals surface area contributed by atoms with Gasteiger partial charge in [0, 0.05) is 39.1 Å². The number of benzene rings is 1. The second kappa shape index (κ2) is 8.52. The lowest BCUT2D eigenvalue weighted by Gasteiger charge is -2.37. The highest BCUT2D eigenvalue weighted by Gasteiger charge is 2.23. The van der Waals surface area contributed by atoms with Crippen molar-refractivity contribution in [1.29, 1.82) is 0 Å². The van der Waals surface area contributed by atoms with E-state index in [1.165, 1.54) is 38.6 Å². The number of hydrogen-bond donors (Lipinski definition) is 1. The van der Waals surface area contributed by atoms with Crippen molar-refractivity contribution in [1.82, 2.24) is 9.80 Å². The van der Waals surface area contributed by atoms with Gasteiger partial charge in [0.15, 0.2) is 0 Å². The number of nitrogens with zero attached hydrogens (tertiary/aromatic N) is 2. The Labute approximate surface area is 145 Å². The molecule has 2 fully saturated rings. The summed E-state index contributed by atoms with van der Waals surface area (Å²) in [4.78, 5) is 16.9. The van der Waals surface area contributed by atoms with Crippen molar-refractivity contribution in [3.05, 3.63) is 29.8 Å². The first-order valence-corrected chi connectivity index (χ1v) is 9.49. The lowest BCUT2D eigenvalue weighted by atomic mass is 9.89. The molecule has 132 valence electrons. The minimum absolute atomic E-state index is 0.218. The van der Waals surface area contributed by atoms with Gasteiger partial charge in [-0.3, -0.25) is 9.69 Å². The second-order valence-corrected chi connectivity index (χ2v) is 7.31. The Bertz CT molecular complexity index is 532. The average molecular weight is 330 g/mol. The number of para-hydroxylation sites is 1. The Morgan fingerprint density at radius 2 is 1.75 bits per heavy atom. The van der Waals surface area contributed by atoms with Gasteiger partial charge < -0.3 is 10.0 Å². The van der Waals surface area contributed by atoms with Crippen molar-refractivity contribution in [3.63, 3.8) is 0 Å². The van der Waals surface area contributed by atoms with Gasteiger partial charge in [0.05, 0.1) is 0 Å². The van der Waals surface area contributed by atoms with Crippen LogP contribution < -0.4 is 0 Å². The van der Waals surface area contributed by atoms with Gasteiger partial charge in [-0.25, -0.2) is 0 Å². The Kier molecular flexibility index (Phi) is 6.13. The topological polar surface area (TPSA) is 43.8 Å². The van der Waals surface area contributed by atoms with Crippen LogP contribution in [-0.2, 0) is 11.2 Å². The fraction of sp³-hybridized carbons (Fsp3) is 0.650. The molecule has 24 heavy (non-hydrogen) atoms. The number of carbonyl (C=O) groups excluding carboxylic acids is 1. The second-order valence-electron chi connectivity index (χ2n) is 7.31. The standard InChI is InChI=1S/C20H30N2O2/c23-19-9-5-4-8-18(19)10-11-20(24)22-14-12-21(13-15-22)16-17-6-2-1-3-7-17/h4-5,8-9,17,23H,1-3,6-7,10-16H2.